The summed E-state index contributed by atoms with van der Waals surface area (Å²) in [6, 6.07) is 22.4. The van der Waals surface area contributed by atoms with Gasteiger partial charge in [0.25, 0.3) is 0 Å². The first-order chi connectivity index (χ1) is 15.5. The zero-order valence-electron chi connectivity index (χ0n) is 17.2. The van der Waals surface area contributed by atoms with Crippen LogP contribution in [-0.2, 0) is 23.1 Å². The van der Waals surface area contributed by atoms with Crippen molar-refractivity contribution < 1.29 is 17.7 Å². The maximum atomic E-state index is 13.4. The second-order valence-electron chi connectivity index (χ2n) is 6.95. The Morgan fingerprint density at radius 3 is 2.28 bits per heavy atom. The molecule has 0 aliphatic carbocycles. The van der Waals surface area contributed by atoms with Gasteiger partial charge < -0.3 is 9.26 Å². The predicted molar refractivity (Wildman–Crippen MR) is 121 cm³/mol. The maximum Gasteiger partial charge on any atom is 0.243 e. The number of sulfonamides is 1. The Kier molecular flexibility index (Phi) is 6.55. The van der Waals surface area contributed by atoms with Gasteiger partial charge in [-0.15, -0.1) is 0 Å². The molecule has 0 N–H and O–H groups in total. The van der Waals surface area contributed by atoms with Crippen molar-refractivity contribution >= 4 is 21.6 Å². The molecule has 0 fully saturated rings. The third kappa shape index (κ3) is 4.99. The van der Waals surface area contributed by atoms with Crippen LogP contribution >= 0.6 is 11.6 Å². The van der Waals surface area contributed by atoms with Crippen molar-refractivity contribution in [3.8, 4) is 17.1 Å². The Morgan fingerprint density at radius 1 is 0.938 bits per heavy atom. The van der Waals surface area contributed by atoms with Gasteiger partial charge in [0.05, 0.1) is 18.6 Å². The lowest BCUT2D eigenvalue weighted by molar-refractivity contribution is 0.312. The summed E-state index contributed by atoms with van der Waals surface area (Å²) in [6.45, 7) is 0.0393. The number of hydrogen-bond donors (Lipinski definition) is 0. The van der Waals surface area contributed by atoms with E-state index in [2.05, 4.69) is 10.1 Å². The lowest BCUT2D eigenvalue weighted by Crippen LogP contribution is -2.30. The van der Waals surface area contributed by atoms with Gasteiger partial charge in [-0.3, -0.25) is 0 Å². The minimum absolute atomic E-state index is 0.0803. The van der Waals surface area contributed by atoms with Gasteiger partial charge in [-0.05, 0) is 54.1 Å². The zero-order valence-corrected chi connectivity index (χ0v) is 18.8. The Morgan fingerprint density at radius 2 is 1.62 bits per heavy atom. The molecule has 0 aliphatic heterocycles. The van der Waals surface area contributed by atoms with E-state index in [1.807, 2.05) is 0 Å². The van der Waals surface area contributed by atoms with Crippen LogP contribution in [0.15, 0.2) is 88.3 Å². The van der Waals surface area contributed by atoms with Gasteiger partial charge >= 0.3 is 0 Å². The molecule has 0 saturated heterocycles. The number of rotatable bonds is 8. The van der Waals surface area contributed by atoms with E-state index >= 15 is 0 Å². The fraction of sp³-hybridized carbons (Fsp3) is 0.130. The average molecular weight is 470 g/mol. The highest BCUT2D eigenvalue weighted by molar-refractivity contribution is 7.89. The Balaban J connectivity index is 1.63. The van der Waals surface area contributed by atoms with Crippen molar-refractivity contribution in [3.63, 3.8) is 0 Å². The van der Waals surface area contributed by atoms with Crippen LogP contribution in [0.25, 0.3) is 11.4 Å². The first-order valence-corrected chi connectivity index (χ1v) is 11.5. The summed E-state index contributed by atoms with van der Waals surface area (Å²) < 4.78 is 38.5. The predicted octanol–water partition coefficient (Wildman–Crippen LogP) is 4.79. The van der Waals surface area contributed by atoms with E-state index in [-0.39, 0.29) is 23.9 Å². The third-order valence-corrected chi connectivity index (χ3v) is 6.84. The van der Waals surface area contributed by atoms with Crippen LogP contribution in [0.1, 0.15) is 11.5 Å². The molecule has 0 radical (unpaired) electrons. The summed E-state index contributed by atoms with van der Waals surface area (Å²) in [4.78, 5) is 4.58. The molecule has 0 saturated carbocycles. The molecule has 0 spiro atoms. The van der Waals surface area contributed by atoms with Crippen LogP contribution in [0.4, 0.5) is 0 Å². The minimum atomic E-state index is -3.82. The summed E-state index contributed by atoms with van der Waals surface area (Å²) in [5.74, 6) is 1.26. The molecule has 4 rings (SSSR count). The van der Waals surface area contributed by atoms with E-state index in [1.165, 1.54) is 4.31 Å². The lowest BCUT2D eigenvalue weighted by atomic mass is 10.2. The Bertz CT molecular complexity index is 1280. The van der Waals surface area contributed by atoms with Gasteiger partial charge in [-0.25, -0.2) is 8.42 Å². The van der Waals surface area contributed by atoms with E-state index in [0.717, 1.165) is 11.1 Å². The second kappa shape index (κ2) is 9.52. The smallest absolute Gasteiger partial charge is 0.243 e. The number of ether oxygens (including phenoxy) is 1. The van der Waals surface area contributed by atoms with Crippen LogP contribution in [0.5, 0.6) is 5.75 Å². The van der Waals surface area contributed by atoms with Crippen LogP contribution in [0, 0.1) is 0 Å². The molecule has 0 unspecified atom stereocenters. The molecular weight excluding hydrogens is 450 g/mol. The van der Waals surface area contributed by atoms with Gasteiger partial charge in [0.15, 0.2) is 0 Å². The molecule has 1 aromatic heterocycles. The summed E-state index contributed by atoms with van der Waals surface area (Å²) in [6.07, 6.45) is 0. The minimum Gasteiger partial charge on any atom is -0.497 e. The quantitative estimate of drug-likeness (QED) is 0.369. The first kappa shape index (κ1) is 22.0. The number of aromatic nitrogens is 2. The maximum absolute atomic E-state index is 13.4. The average Bonchev–Trinajstić information content (AvgIpc) is 3.29. The van der Waals surface area contributed by atoms with Gasteiger partial charge in [0, 0.05) is 17.1 Å². The lowest BCUT2D eigenvalue weighted by Gasteiger charge is -2.20. The van der Waals surface area contributed by atoms with Crippen LogP contribution in [0.2, 0.25) is 5.02 Å². The van der Waals surface area contributed by atoms with E-state index in [1.54, 1.807) is 86.0 Å². The normalized spacial score (nSPS) is 11.6. The second-order valence-corrected chi connectivity index (χ2v) is 9.33. The van der Waals surface area contributed by atoms with Crippen LogP contribution in [0.3, 0.4) is 0 Å². The number of benzene rings is 3. The van der Waals surface area contributed by atoms with Crippen LogP contribution < -0.4 is 4.74 Å². The van der Waals surface area contributed by atoms with Crippen molar-refractivity contribution in [2.75, 3.05) is 7.11 Å². The third-order valence-electron chi connectivity index (χ3n) is 4.78. The standard InChI is InChI=1S/C23H20ClN3O4S/c1-30-20-13-9-18(10-14-20)23-25-22(31-26-23)16-27(15-17-7-11-19(24)12-8-17)32(28,29)21-5-3-2-4-6-21/h2-14H,15-16H2,1H3. The molecule has 164 valence electrons. The van der Waals surface area contributed by atoms with Crippen molar-refractivity contribution in [2.24, 2.45) is 0 Å². The Hall–Kier alpha value is -3.20. The number of hydrogen-bond acceptors (Lipinski definition) is 6. The molecule has 3 aromatic carbocycles. The number of methoxy groups -OCH3 is 1. The number of halogens is 1. The zero-order chi connectivity index (χ0) is 22.6. The SMILES string of the molecule is COc1ccc(-c2noc(CN(Cc3ccc(Cl)cc3)S(=O)(=O)c3ccccc3)n2)cc1. The molecule has 0 amide bonds. The van der Waals surface area contributed by atoms with Crippen LogP contribution in [-0.4, -0.2) is 30.0 Å². The summed E-state index contributed by atoms with van der Waals surface area (Å²) >= 11 is 5.97. The van der Waals surface area contributed by atoms with E-state index in [0.29, 0.717) is 16.6 Å². The van der Waals surface area contributed by atoms with Gasteiger partial charge in [-0.2, -0.15) is 9.29 Å². The molecule has 1 heterocycles. The van der Waals surface area contributed by atoms with E-state index < -0.39 is 10.0 Å². The van der Waals surface area contributed by atoms with E-state index in [4.69, 9.17) is 20.9 Å². The summed E-state index contributed by atoms with van der Waals surface area (Å²) in [5.41, 5.74) is 1.51. The van der Waals surface area contributed by atoms with Crippen molar-refractivity contribution in [2.45, 2.75) is 18.0 Å². The van der Waals surface area contributed by atoms with Crippen molar-refractivity contribution in [1.82, 2.24) is 14.4 Å². The highest BCUT2D eigenvalue weighted by Gasteiger charge is 2.27. The molecule has 4 aromatic rings. The monoisotopic (exact) mass is 469 g/mol. The highest BCUT2D eigenvalue weighted by Crippen LogP contribution is 2.24. The summed E-state index contributed by atoms with van der Waals surface area (Å²) in [5, 5.41) is 4.58. The largest absolute Gasteiger partial charge is 0.497 e. The van der Waals surface area contributed by atoms with Crippen molar-refractivity contribution in [1.29, 1.82) is 0 Å². The highest BCUT2D eigenvalue weighted by atomic mass is 35.5. The first-order valence-electron chi connectivity index (χ1n) is 9.72. The molecule has 32 heavy (non-hydrogen) atoms. The van der Waals surface area contributed by atoms with E-state index in [9.17, 15) is 8.42 Å². The van der Waals surface area contributed by atoms with Gasteiger partial charge in [0.1, 0.15) is 5.75 Å². The molecule has 0 aliphatic rings. The molecule has 7 nitrogen and oxygen atoms in total. The fourth-order valence-corrected chi connectivity index (χ4v) is 4.61. The van der Waals surface area contributed by atoms with Gasteiger partial charge in [0.2, 0.25) is 21.7 Å². The molecule has 0 atom stereocenters. The topological polar surface area (TPSA) is 85.5 Å². The summed E-state index contributed by atoms with van der Waals surface area (Å²) in [7, 11) is -2.23. The molecule has 0 bridgehead atoms. The molecule has 9 heteroatoms. The number of nitrogens with zero attached hydrogens (tertiary/aromatic N) is 3. The van der Waals surface area contributed by atoms with Gasteiger partial charge in [-0.1, -0.05) is 47.1 Å². The molecular formula is C23H20ClN3O4S. The Labute approximate surface area is 191 Å². The fourth-order valence-electron chi connectivity index (χ4n) is 3.09. The van der Waals surface area contributed by atoms with Crippen molar-refractivity contribution in [3.05, 3.63) is 95.3 Å².